The van der Waals surface area contributed by atoms with Crippen molar-refractivity contribution in [3.63, 3.8) is 0 Å². The van der Waals surface area contributed by atoms with Crippen LogP contribution in [0.3, 0.4) is 0 Å². The standard InChI is InChI=1S/C17H14ClNOS/c18-13-5-7-14(8-6-13)21-11-17(20)16-10-19-9-12-3-1-2-4-15(12)16/h1-10,17,20H,11H2. The van der Waals surface area contributed by atoms with Crippen LogP contribution in [0, 0.1) is 0 Å². The number of benzene rings is 2. The van der Waals surface area contributed by atoms with Crippen molar-refractivity contribution in [1.29, 1.82) is 0 Å². The van der Waals surface area contributed by atoms with Gasteiger partial charge in [0, 0.05) is 39.0 Å². The molecule has 1 heterocycles. The van der Waals surface area contributed by atoms with E-state index in [0.717, 1.165) is 26.3 Å². The number of fused-ring (bicyclic) bond motifs is 1. The molecule has 0 amide bonds. The van der Waals surface area contributed by atoms with Gasteiger partial charge in [0.15, 0.2) is 0 Å². The molecule has 4 heteroatoms. The highest BCUT2D eigenvalue weighted by Gasteiger charge is 2.12. The fourth-order valence-electron chi connectivity index (χ4n) is 2.20. The van der Waals surface area contributed by atoms with Crippen LogP contribution in [0.4, 0.5) is 0 Å². The van der Waals surface area contributed by atoms with Crippen molar-refractivity contribution >= 4 is 34.1 Å². The molecule has 21 heavy (non-hydrogen) atoms. The number of hydrogen-bond donors (Lipinski definition) is 1. The summed E-state index contributed by atoms with van der Waals surface area (Å²) < 4.78 is 0. The third-order valence-electron chi connectivity index (χ3n) is 3.28. The van der Waals surface area contributed by atoms with Crippen LogP contribution < -0.4 is 0 Å². The molecular formula is C17H14ClNOS. The summed E-state index contributed by atoms with van der Waals surface area (Å²) in [5.74, 6) is 0.581. The van der Waals surface area contributed by atoms with E-state index in [-0.39, 0.29) is 0 Å². The molecule has 0 saturated heterocycles. The first-order valence-corrected chi connectivity index (χ1v) is 7.99. The lowest BCUT2D eigenvalue weighted by atomic mass is 10.0. The lowest BCUT2D eigenvalue weighted by Crippen LogP contribution is -2.02. The van der Waals surface area contributed by atoms with Gasteiger partial charge in [0.2, 0.25) is 0 Å². The van der Waals surface area contributed by atoms with Crippen LogP contribution >= 0.6 is 23.4 Å². The summed E-state index contributed by atoms with van der Waals surface area (Å²) in [6, 6.07) is 15.6. The Kier molecular flexibility index (Phi) is 4.44. The quantitative estimate of drug-likeness (QED) is 0.708. The highest BCUT2D eigenvalue weighted by molar-refractivity contribution is 7.99. The van der Waals surface area contributed by atoms with Crippen LogP contribution in [0.5, 0.6) is 0 Å². The summed E-state index contributed by atoms with van der Waals surface area (Å²) in [6.45, 7) is 0. The average molecular weight is 316 g/mol. The number of aromatic nitrogens is 1. The fourth-order valence-corrected chi connectivity index (χ4v) is 3.19. The maximum Gasteiger partial charge on any atom is 0.0904 e. The summed E-state index contributed by atoms with van der Waals surface area (Å²) in [4.78, 5) is 5.30. The molecule has 3 aromatic rings. The van der Waals surface area contributed by atoms with Crippen LogP contribution in [-0.2, 0) is 0 Å². The minimum atomic E-state index is -0.552. The molecule has 0 aliphatic rings. The summed E-state index contributed by atoms with van der Waals surface area (Å²) in [5, 5.41) is 13.3. The Morgan fingerprint density at radius 3 is 2.62 bits per heavy atom. The van der Waals surface area contributed by atoms with E-state index in [1.807, 2.05) is 54.7 Å². The van der Waals surface area contributed by atoms with Gasteiger partial charge in [0.05, 0.1) is 6.10 Å². The summed E-state index contributed by atoms with van der Waals surface area (Å²) >= 11 is 7.47. The number of halogens is 1. The predicted molar refractivity (Wildman–Crippen MR) is 88.9 cm³/mol. The summed E-state index contributed by atoms with van der Waals surface area (Å²) in [5.41, 5.74) is 0.870. The van der Waals surface area contributed by atoms with E-state index in [4.69, 9.17) is 11.6 Å². The average Bonchev–Trinajstić information content (AvgIpc) is 2.53. The first-order chi connectivity index (χ1) is 10.2. The van der Waals surface area contributed by atoms with E-state index in [9.17, 15) is 5.11 Å². The van der Waals surface area contributed by atoms with Gasteiger partial charge < -0.3 is 5.11 Å². The van der Waals surface area contributed by atoms with Crippen LogP contribution in [0.2, 0.25) is 5.02 Å². The van der Waals surface area contributed by atoms with E-state index >= 15 is 0 Å². The Morgan fingerprint density at radius 2 is 1.81 bits per heavy atom. The molecule has 1 unspecified atom stereocenters. The zero-order valence-corrected chi connectivity index (χ0v) is 12.8. The first kappa shape index (κ1) is 14.4. The van der Waals surface area contributed by atoms with Crippen LogP contribution in [0.1, 0.15) is 11.7 Å². The van der Waals surface area contributed by atoms with E-state index in [0.29, 0.717) is 5.75 Å². The summed E-state index contributed by atoms with van der Waals surface area (Å²) in [6.07, 6.45) is 3.01. The Balaban J connectivity index is 1.78. The molecule has 0 aliphatic heterocycles. The fraction of sp³-hybridized carbons (Fsp3) is 0.118. The maximum absolute atomic E-state index is 10.4. The zero-order valence-electron chi connectivity index (χ0n) is 11.2. The third-order valence-corrected chi connectivity index (χ3v) is 4.62. The van der Waals surface area contributed by atoms with Gasteiger partial charge in [-0.1, -0.05) is 35.9 Å². The van der Waals surface area contributed by atoms with Crippen molar-refractivity contribution in [1.82, 2.24) is 4.98 Å². The first-order valence-electron chi connectivity index (χ1n) is 6.63. The van der Waals surface area contributed by atoms with E-state index in [1.54, 1.807) is 18.0 Å². The molecule has 0 spiro atoms. The van der Waals surface area contributed by atoms with Crippen LogP contribution in [0.25, 0.3) is 10.8 Å². The molecule has 0 aliphatic carbocycles. The topological polar surface area (TPSA) is 33.1 Å². The van der Waals surface area contributed by atoms with Gasteiger partial charge in [-0.05, 0) is 29.7 Å². The van der Waals surface area contributed by atoms with Gasteiger partial charge in [0.1, 0.15) is 0 Å². The molecule has 0 fully saturated rings. The zero-order chi connectivity index (χ0) is 14.7. The lowest BCUT2D eigenvalue weighted by Gasteiger charge is -2.13. The Morgan fingerprint density at radius 1 is 1.05 bits per heavy atom. The molecular weight excluding hydrogens is 302 g/mol. The van der Waals surface area contributed by atoms with E-state index < -0.39 is 6.10 Å². The second kappa shape index (κ2) is 6.48. The highest BCUT2D eigenvalue weighted by atomic mass is 35.5. The van der Waals surface area contributed by atoms with Gasteiger partial charge in [-0.2, -0.15) is 0 Å². The smallest absolute Gasteiger partial charge is 0.0904 e. The van der Waals surface area contributed by atoms with Crippen molar-refractivity contribution < 1.29 is 5.11 Å². The number of aliphatic hydroxyl groups excluding tert-OH is 1. The van der Waals surface area contributed by atoms with E-state index in [2.05, 4.69) is 4.98 Å². The summed E-state index contributed by atoms with van der Waals surface area (Å²) in [7, 11) is 0. The van der Waals surface area contributed by atoms with E-state index in [1.165, 1.54) is 0 Å². The SMILES string of the molecule is OC(CSc1ccc(Cl)cc1)c1cncc2ccccc12. The third kappa shape index (κ3) is 3.38. The minimum absolute atomic E-state index is 0.552. The van der Waals surface area contributed by atoms with Crippen molar-refractivity contribution in [2.45, 2.75) is 11.0 Å². The van der Waals surface area contributed by atoms with Gasteiger partial charge in [-0.15, -0.1) is 11.8 Å². The number of pyridine rings is 1. The molecule has 0 radical (unpaired) electrons. The number of hydrogen-bond acceptors (Lipinski definition) is 3. The molecule has 0 saturated carbocycles. The molecule has 3 rings (SSSR count). The van der Waals surface area contributed by atoms with Crippen LogP contribution in [0.15, 0.2) is 65.8 Å². The molecule has 0 bridgehead atoms. The monoisotopic (exact) mass is 315 g/mol. The Labute approximate surface area is 132 Å². The molecule has 1 atom stereocenters. The highest BCUT2D eigenvalue weighted by Crippen LogP contribution is 2.29. The van der Waals surface area contributed by atoms with Gasteiger partial charge in [-0.3, -0.25) is 4.98 Å². The molecule has 2 nitrogen and oxygen atoms in total. The van der Waals surface area contributed by atoms with Crippen LogP contribution in [-0.4, -0.2) is 15.8 Å². The number of thioether (sulfide) groups is 1. The molecule has 1 N–H and O–H groups in total. The minimum Gasteiger partial charge on any atom is -0.387 e. The van der Waals surface area contributed by atoms with Crippen molar-refractivity contribution in [2.24, 2.45) is 0 Å². The Bertz CT molecular complexity index is 740. The predicted octanol–water partition coefficient (Wildman–Crippen LogP) is 4.71. The normalized spacial score (nSPS) is 12.5. The van der Waals surface area contributed by atoms with Gasteiger partial charge in [-0.25, -0.2) is 0 Å². The van der Waals surface area contributed by atoms with Crippen molar-refractivity contribution in [2.75, 3.05) is 5.75 Å². The maximum atomic E-state index is 10.4. The molecule has 106 valence electrons. The number of rotatable bonds is 4. The van der Waals surface area contributed by atoms with Gasteiger partial charge >= 0.3 is 0 Å². The number of aliphatic hydroxyl groups is 1. The molecule has 1 aromatic heterocycles. The molecule has 2 aromatic carbocycles. The largest absolute Gasteiger partial charge is 0.387 e. The lowest BCUT2D eigenvalue weighted by molar-refractivity contribution is 0.205. The van der Waals surface area contributed by atoms with Gasteiger partial charge in [0.25, 0.3) is 0 Å². The second-order valence-electron chi connectivity index (χ2n) is 4.73. The second-order valence-corrected chi connectivity index (χ2v) is 6.26. The van der Waals surface area contributed by atoms with Crippen molar-refractivity contribution in [3.05, 3.63) is 71.5 Å². The number of nitrogens with zero attached hydrogens (tertiary/aromatic N) is 1. The Hall–Kier alpha value is -1.55. The van der Waals surface area contributed by atoms with Crippen molar-refractivity contribution in [3.8, 4) is 0 Å².